The number of nitrogens with one attached hydrogen (secondary N) is 1. The van der Waals surface area contributed by atoms with E-state index in [0.717, 1.165) is 0 Å². The van der Waals surface area contributed by atoms with Gasteiger partial charge in [0.05, 0.1) is 10.5 Å². The predicted octanol–water partition coefficient (Wildman–Crippen LogP) is 1.72. The SMILES string of the molecule is C=C(Cl)CNS(=O)(=O)c1cccc(C(=O)O)c1C. The number of benzene rings is 1. The molecule has 0 fully saturated rings. The van der Waals surface area contributed by atoms with Crippen molar-refractivity contribution >= 4 is 27.6 Å². The van der Waals surface area contributed by atoms with Gasteiger partial charge in [0.15, 0.2) is 0 Å². The zero-order valence-corrected chi connectivity index (χ0v) is 11.2. The van der Waals surface area contributed by atoms with E-state index >= 15 is 0 Å². The summed E-state index contributed by atoms with van der Waals surface area (Å²) in [4.78, 5) is 10.8. The number of rotatable bonds is 5. The van der Waals surface area contributed by atoms with Gasteiger partial charge >= 0.3 is 5.97 Å². The molecule has 0 amide bonds. The molecule has 0 atom stereocenters. The molecule has 0 unspecified atom stereocenters. The van der Waals surface area contributed by atoms with Gasteiger partial charge in [-0.05, 0) is 24.6 Å². The smallest absolute Gasteiger partial charge is 0.335 e. The van der Waals surface area contributed by atoms with Crippen LogP contribution < -0.4 is 4.72 Å². The topological polar surface area (TPSA) is 83.5 Å². The molecule has 1 aromatic carbocycles. The third-order valence-electron chi connectivity index (χ3n) is 2.26. The van der Waals surface area contributed by atoms with Crippen LogP contribution in [-0.4, -0.2) is 26.0 Å². The molecule has 2 N–H and O–H groups in total. The Morgan fingerprint density at radius 1 is 1.50 bits per heavy atom. The van der Waals surface area contributed by atoms with Gasteiger partial charge in [0.25, 0.3) is 0 Å². The molecule has 0 aliphatic carbocycles. The molecule has 0 bridgehead atoms. The van der Waals surface area contributed by atoms with Crippen LogP contribution in [0.4, 0.5) is 0 Å². The summed E-state index contributed by atoms with van der Waals surface area (Å²) in [5, 5.41) is 9.07. The number of sulfonamides is 1. The van der Waals surface area contributed by atoms with E-state index in [1.807, 2.05) is 0 Å². The highest BCUT2D eigenvalue weighted by Gasteiger charge is 2.20. The fourth-order valence-corrected chi connectivity index (χ4v) is 2.82. The fraction of sp³-hybridized carbons (Fsp3) is 0.182. The predicted molar refractivity (Wildman–Crippen MR) is 68.3 cm³/mol. The van der Waals surface area contributed by atoms with Crippen LogP contribution in [0.1, 0.15) is 15.9 Å². The standard InChI is InChI=1S/C11H12ClNO4S/c1-7(12)6-13-18(16,17)10-5-3-4-9(8(10)2)11(14)15/h3-5,13H,1,6H2,2H3,(H,14,15). The number of carboxylic acid groups (broad SMARTS) is 1. The monoisotopic (exact) mass is 289 g/mol. The molecule has 0 radical (unpaired) electrons. The Morgan fingerprint density at radius 3 is 2.61 bits per heavy atom. The van der Waals surface area contributed by atoms with Gasteiger partial charge in [-0.25, -0.2) is 17.9 Å². The molecule has 0 aliphatic heterocycles. The second-order valence-corrected chi connectivity index (χ2v) is 5.85. The summed E-state index contributed by atoms with van der Waals surface area (Å²) in [5.41, 5.74) is 0.125. The van der Waals surface area contributed by atoms with Gasteiger partial charge in [0, 0.05) is 11.6 Å². The van der Waals surface area contributed by atoms with Gasteiger partial charge in [-0.2, -0.15) is 0 Å². The first kappa shape index (κ1) is 14.7. The van der Waals surface area contributed by atoms with Crippen molar-refractivity contribution in [2.75, 3.05) is 6.54 Å². The summed E-state index contributed by atoms with van der Waals surface area (Å²) in [5.74, 6) is -1.17. The Labute approximate surface area is 110 Å². The van der Waals surface area contributed by atoms with Crippen LogP contribution in [0.25, 0.3) is 0 Å². The van der Waals surface area contributed by atoms with E-state index in [4.69, 9.17) is 16.7 Å². The first-order chi connectivity index (χ1) is 8.25. The van der Waals surface area contributed by atoms with Gasteiger partial charge < -0.3 is 5.11 Å². The molecule has 0 aromatic heterocycles. The molecule has 0 aliphatic rings. The van der Waals surface area contributed by atoms with E-state index in [2.05, 4.69) is 11.3 Å². The molecule has 18 heavy (non-hydrogen) atoms. The minimum absolute atomic E-state index is 0.0532. The van der Waals surface area contributed by atoms with E-state index in [-0.39, 0.29) is 27.6 Å². The van der Waals surface area contributed by atoms with Gasteiger partial charge in [-0.15, -0.1) is 0 Å². The van der Waals surface area contributed by atoms with Crippen LogP contribution in [0.5, 0.6) is 0 Å². The molecular weight excluding hydrogens is 278 g/mol. The lowest BCUT2D eigenvalue weighted by molar-refractivity contribution is 0.0696. The quantitative estimate of drug-likeness (QED) is 0.864. The number of halogens is 1. The lowest BCUT2D eigenvalue weighted by Gasteiger charge is -2.10. The van der Waals surface area contributed by atoms with E-state index in [1.165, 1.54) is 25.1 Å². The number of carboxylic acids is 1. The van der Waals surface area contributed by atoms with Crippen molar-refractivity contribution in [3.05, 3.63) is 40.9 Å². The number of hydrogen-bond acceptors (Lipinski definition) is 3. The zero-order valence-electron chi connectivity index (χ0n) is 9.60. The highest BCUT2D eigenvalue weighted by Crippen LogP contribution is 2.19. The van der Waals surface area contributed by atoms with Crippen molar-refractivity contribution in [2.45, 2.75) is 11.8 Å². The Bertz CT molecular complexity index is 595. The van der Waals surface area contributed by atoms with Crippen LogP contribution >= 0.6 is 11.6 Å². The van der Waals surface area contributed by atoms with E-state index in [9.17, 15) is 13.2 Å². The summed E-state index contributed by atoms with van der Waals surface area (Å²) < 4.78 is 26.1. The third kappa shape index (κ3) is 3.32. The maximum atomic E-state index is 11.9. The third-order valence-corrected chi connectivity index (χ3v) is 3.94. The zero-order chi connectivity index (χ0) is 13.9. The van der Waals surface area contributed by atoms with Gasteiger partial charge in [0.2, 0.25) is 10.0 Å². The number of carbonyl (C=O) groups is 1. The van der Waals surface area contributed by atoms with Crippen molar-refractivity contribution < 1.29 is 18.3 Å². The first-order valence-corrected chi connectivity index (χ1v) is 6.77. The van der Waals surface area contributed by atoms with Crippen molar-refractivity contribution in [1.29, 1.82) is 0 Å². The Kier molecular flexibility index (Phi) is 4.50. The van der Waals surface area contributed by atoms with Gasteiger partial charge in [-0.1, -0.05) is 24.2 Å². The maximum Gasteiger partial charge on any atom is 0.335 e. The van der Waals surface area contributed by atoms with Crippen LogP contribution in [0.3, 0.4) is 0 Å². The Hall–Kier alpha value is -1.37. The van der Waals surface area contributed by atoms with Crippen LogP contribution in [0.2, 0.25) is 0 Å². The Balaban J connectivity index is 3.21. The van der Waals surface area contributed by atoms with Crippen LogP contribution in [0, 0.1) is 6.92 Å². The normalized spacial score (nSPS) is 11.2. The van der Waals surface area contributed by atoms with E-state index < -0.39 is 16.0 Å². The van der Waals surface area contributed by atoms with Gasteiger partial charge in [-0.3, -0.25) is 0 Å². The van der Waals surface area contributed by atoms with Crippen LogP contribution in [0.15, 0.2) is 34.7 Å². The molecule has 0 heterocycles. The van der Waals surface area contributed by atoms with Gasteiger partial charge in [0.1, 0.15) is 0 Å². The molecule has 98 valence electrons. The minimum Gasteiger partial charge on any atom is -0.478 e. The lowest BCUT2D eigenvalue weighted by Crippen LogP contribution is -2.26. The molecule has 1 aromatic rings. The van der Waals surface area contributed by atoms with Crippen LogP contribution in [-0.2, 0) is 10.0 Å². The summed E-state index contributed by atoms with van der Waals surface area (Å²) >= 11 is 5.48. The summed E-state index contributed by atoms with van der Waals surface area (Å²) in [6.45, 7) is 4.69. The minimum atomic E-state index is -3.80. The largest absolute Gasteiger partial charge is 0.478 e. The molecular formula is C11H12ClNO4S. The highest BCUT2D eigenvalue weighted by molar-refractivity contribution is 7.89. The second-order valence-electron chi connectivity index (χ2n) is 3.58. The average molecular weight is 290 g/mol. The highest BCUT2D eigenvalue weighted by atomic mass is 35.5. The van der Waals surface area contributed by atoms with Crippen molar-refractivity contribution in [3.63, 3.8) is 0 Å². The fourth-order valence-electron chi connectivity index (χ4n) is 1.39. The van der Waals surface area contributed by atoms with Crippen molar-refractivity contribution in [1.82, 2.24) is 4.72 Å². The summed E-state index contributed by atoms with van der Waals surface area (Å²) in [6, 6.07) is 4.05. The van der Waals surface area contributed by atoms with E-state index in [1.54, 1.807) is 0 Å². The molecule has 0 saturated carbocycles. The molecule has 5 nitrogen and oxygen atoms in total. The van der Waals surface area contributed by atoms with E-state index in [0.29, 0.717) is 0 Å². The second kappa shape index (κ2) is 5.51. The average Bonchev–Trinajstić information content (AvgIpc) is 2.26. The summed E-state index contributed by atoms with van der Waals surface area (Å²) in [7, 11) is -3.80. The maximum absolute atomic E-state index is 11.9. The molecule has 0 saturated heterocycles. The Morgan fingerprint density at radius 2 is 2.11 bits per heavy atom. The molecule has 7 heteroatoms. The lowest BCUT2D eigenvalue weighted by atomic mass is 10.1. The number of hydrogen-bond donors (Lipinski definition) is 2. The number of aromatic carboxylic acids is 1. The van der Waals surface area contributed by atoms with Crippen molar-refractivity contribution in [2.24, 2.45) is 0 Å². The molecule has 1 rings (SSSR count). The summed E-state index contributed by atoms with van der Waals surface area (Å²) in [6.07, 6.45) is 0. The first-order valence-electron chi connectivity index (χ1n) is 4.91. The molecule has 0 spiro atoms. The van der Waals surface area contributed by atoms with Crippen molar-refractivity contribution in [3.8, 4) is 0 Å².